The van der Waals surface area contributed by atoms with E-state index >= 15 is 0 Å². The average molecular weight is 363 g/mol. The van der Waals surface area contributed by atoms with Crippen LogP contribution >= 0.6 is 34.4 Å². The molecule has 4 aromatic heterocycles. The summed E-state index contributed by atoms with van der Waals surface area (Å²) in [5.74, 6) is 1.19. The minimum atomic E-state index is -0.201. The van der Waals surface area contributed by atoms with Crippen LogP contribution in [0.25, 0.3) is 15.7 Å². The highest BCUT2D eigenvalue weighted by atomic mass is 32.2. The first-order valence-corrected chi connectivity index (χ1v) is 9.17. The van der Waals surface area contributed by atoms with Gasteiger partial charge in [0, 0.05) is 11.8 Å². The minimum absolute atomic E-state index is 0.201. The van der Waals surface area contributed by atoms with Crippen molar-refractivity contribution in [2.24, 2.45) is 0 Å². The van der Waals surface area contributed by atoms with Crippen molar-refractivity contribution in [1.29, 1.82) is 0 Å². The van der Waals surface area contributed by atoms with Gasteiger partial charge in [0.05, 0.1) is 12.0 Å². The molecule has 0 unspecified atom stereocenters. The summed E-state index contributed by atoms with van der Waals surface area (Å²) in [6.45, 7) is 1.91. The Labute approximate surface area is 142 Å². The van der Waals surface area contributed by atoms with E-state index in [0.29, 0.717) is 27.2 Å². The topological polar surface area (TPSA) is 86.2 Å². The monoisotopic (exact) mass is 363 g/mol. The van der Waals surface area contributed by atoms with E-state index in [4.69, 9.17) is 4.42 Å². The number of furan rings is 1. The molecule has 7 nitrogen and oxygen atoms in total. The molecule has 10 heteroatoms. The van der Waals surface area contributed by atoms with Crippen LogP contribution in [0.4, 0.5) is 0 Å². The molecule has 0 atom stereocenters. The third kappa shape index (κ3) is 2.92. The quantitative estimate of drug-likeness (QED) is 0.515. The Morgan fingerprint density at radius 2 is 2.26 bits per heavy atom. The van der Waals surface area contributed by atoms with E-state index in [2.05, 4.69) is 20.3 Å². The van der Waals surface area contributed by atoms with Gasteiger partial charge in [0.25, 0.3) is 5.56 Å². The standard InChI is InChI=1S/C13H9N5O2S3/c1-7-15-16-13(22-7)21-6-8-5-10(19)18-12(14-8)23-11(17-18)9-3-2-4-20-9/h2-5H,6H2,1H3. The molecule has 4 rings (SSSR count). The summed E-state index contributed by atoms with van der Waals surface area (Å²) in [6.07, 6.45) is 1.57. The first kappa shape index (κ1) is 14.5. The second-order valence-corrected chi connectivity index (χ2v) is 7.90. The van der Waals surface area contributed by atoms with Gasteiger partial charge in [-0.15, -0.1) is 15.3 Å². The van der Waals surface area contributed by atoms with Crippen molar-refractivity contribution in [3.05, 3.63) is 45.5 Å². The van der Waals surface area contributed by atoms with Gasteiger partial charge in [-0.25, -0.2) is 4.98 Å². The lowest BCUT2D eigenvalue weighted by Gasteiger charge is -1.97. The molecular weight excluding hydrogens is 354 g/mol. The molecule has 0 saturated carbocycles. The van der Waals surface area contributed by atoms with Crippen LogP contribution in [0, 0.1) is 6.92 Å². The molecule has 0 amide bonds. The number of hydrogen-bond donors (Lipinski definition) is 0. The normalized spacial score (nSPS) is 11.3. The summed E-state index contributed by atoms with van der Waals surface area (Å²) in [5, 5.41) is 13.8. The van der Waals surface area contributed by atoms with E-state index in [0.717, 1.165) is 9.35 Å². The van der Waals surface area contributed by atoms with E-state index in [1.165, 1.54) is 45.0 Å². The second kappa shape index (κ2) is 5.87. The number of aromatic nitrogens is 5. The summed E-state index contributed by atoms with van der Waals surface area (Å²) < 4.78 is 7.48. The molecule has 0 N–H and O–H groups in total. The van der Waals surface area contributed by atoms with Crippen molar-refractivity contribution >= 4 is 39.4 Å². The van der Waals surface area contributed by atoms with E-state index in [1.807, 2.05) is 6.92 Å². The molecule has 4 aromatic rings. The molecule has 0 aromatic carbocycles. The molecule has 0 aliphatic carbocycles. The molecule has 0 radical (unpaired) electrons. The summed E-state index contributed by atoms with van der Waals surface area (Å²) in [4.78, 5) is 17.3. The van der Waals surface area contributed by atoms with Crippen molar-refractivity contribution in [2.75, 3.05) is 0 Å². The van der Waals surface area contributed by atoms with Gasteiger partial charge in [0.2, 0.25) is 4.96 Å². The lowest BCUT2D eigenvalue weighted by molar-refractivity contribution is 0.580. The molecule has 0 spiro atoms. The van der Waals surface area contributed by atoms with Gasteiger partial charge in [-0.2, -0.15) is 4.52 Å². The zero-order chi connectivity index (χ0) is 15.8. The fraction of sp³-hybridized carbons (Fsp3) is 0.154. The molecule has 0 bridgehead atoms. The number of nitrogens with zero attached hydrogens (tertiary/aromatic N) is 5. The number of hydrogen-bond acceptors (Lipinski definition) is 9. The molecule has 0 aliphatic heterocycles. The zero-order valence-electron chi connectivity index (χ0n) is 11.8. The smallest absolute Gasteiger partial charge is 0.275 e. The van der Waals surface area contributed by atoms with Crippen LogP contribution in [-0.2, 0) is 5.75 Å². The van der Waals surface area contributed by atoms with Gasteiger partial charge in [-0.3, -0.25) is 4.79 Å². The summed E-state index contributed by atoms with van der Waals surface area (Å²) in [6, 6.07) is 5.08. The molecule has 23 heavy (non-hydrogen) atoms. The van der Waals surface area contributed by atoms with Gasteiger partial charge in [0.1, 0.15) is 5.01 Å². The van der Waals surface area contributed by atoms with E-state index in [1.54, 1.807) is 18.4 Å². The maximum atomic E-state index is 12.2. The Hall–Kier alpha value is -2.04. The van der Waals surface area contributed by atoms with Gasteiger partial charge in [-0.05, 0) is 19.1 Å². The molecule has 0 fully saturated rings. The predicted octanol–water partition coefficient (Wildman–Crippen LogP) is 2.86. The summed E-state index contributed by atoms with van der Waals surface area (Å²) >= 11 is 4.36. The SMILES string of the molecule is Cc1nnc(SCc2cc(=O)n3nc(-c4ccco4)sc3n2)s1. The highest BCUT2D eigenvalue weighted by Gasteiger charge is 2.13. The van der Waals surface area contributed by atoms with Crippen LogP contribution < -0.4 is 5.56 Å². The average Bonchev–Trinajstić information content (AvgIpc) is 3.25. The molecular formula is C13H9N5O2S3. The Morgan fingerprint density at radius 1 is 1.35 bits per heavy atom. The largest absolute Gasteiger partial charge is 0.462 e. The lowest BCUT2D eigenvalue weighted by Crippen LogP contribution is -2.15. The highest BCUT2D eigenvalue weighted by Crippen LogP contribution is 2.27. The highest BCUT2D eigenvalue weighted by molar-refractivity contribution is 8.00. The second-order valence-electron chi connectivity index (χ2n) is 4.54. The van der Waals surface area contributed by atoms with Crippen molar-refractivity contribution in [3.63, 3.8) is 0 Å². The van der Waals surface area contributed by atoms with E-state index < -0.39 is 0 Å². The predicted molar refractivity (Wildman–Crippen MR) is 89.0 cm³/mol. The van der Waals surface area contributed by atoms with Gasteiger partial charge >= 0.3 is 0 Å². The summed E-state index contributed by atoms with van der Waals surface area (Å²) in [7, 11) is 0. The molecule has 0 aliphatic rings. The Balaban J connectivity index is 1.65. The fourth-order valence-corrected chi connectivity index (χ4v) is 4.50. The van der Waals surface area contributed by atoms with Gasteiger partial charge in [-0.1, -0.05) is 34.4 Å². The Morgan fingerprint density at radius 3 is 3.00 bits per heavy atom. The minimum Gasteiger partial charge on any atom is -0.462 e. The maximum absolute atomic E-state index is 12.2. The van der Waals surface area contributed by atoms with E-state index in [-0.39, 0.29) is 5.56 Å². The van der Waals surface area contributed by atoms with Crippen molar-refractivity contribution in [2.45, 2.75) is 17.0 Å². The van der Waals surface area contributed by atoms with Crippen LogP contribution in [0.3, 0.4) is 0 Å². The Bertz CT molecular complexity index is 1020. The van der Waals surface area contributed by atoms with Crippen LogP contribution in [0.2, 0.25) is 0 Å². The third-order valence-corrected chi connectivity index (χ3v) is 5.81. The van der Waals surface area contributed by atoms with Gasteiger partial charge in [0.15, 0.2) is 15.1 Å². The van der Waals surface area contributed by atoms with E-state index in [9.17, 15) is 4.79 Å². The fourth-order valence-electron chi connectivity index (χ4n) is 1.90. The third-order valence-electron chi connectivity index (χ3n) is 2.88. The van der Waals surface area contributed by atoms with Crippen molar-refractivity contribution in [1.82, 2.24) is 24.8 Å². The number of fused-ring (bicyclic) bond motifs is 1. The molecule has 0 saturated heterocycles. The zero-order valence-corrected chi connectivity index (χ0v) is 14.2. The van der Waals surface area contributed by atoms with Gasteiger partial charge < -0.3 is 4.42 Å². The summed E-state index contributed by atoms with van der Waals surface area (Å²) in [5.41, 5.74) is 0.496. The van der Waals surface area contributed by atoms with Crippen molar-refractivity contribution in [3.8, 4) is 10.8 Å². The number of rotatable bonds is 4. The molecule has 116 valence electrons. The maximum Gasteiger partial charge on any atom is 0.275 e. The van der Waals surface area contributed by atoms with Crippen LogP contribution in [0.1, 0.15) is 10.7 Å². The van der Waals surface area contributed by atoms with Crippen LogP contribution in [0.5, 0.6) is 0 Å². The first-order valence-electron chi connectivity index (χ1n) is 6.55. The Kier molecular flexibility index (Phi) is 3.71. The number of aryl methyl sites for hydroxylation is 1. The lowest BCUT2D eigenvalue weighted by atomic mass is 10.4. The number of thioether (sulfide) groups is 1. The first-order chi connectivity index (χ1) is 11.2. The molecule has 4 heterocycles. The van der Waals surface area contributed by atoms with Crippen molar-refractivity contribution < 1.29 is 4.42 Å². The van der Waals surface area contributed by atoms with Crippen LogP contribution in [0.15, 0.2) is 38.0 Å². The van der Waals surface area contributed by atoms with Crippen LogP contribution in [-0.4, -0.2) is 24.8 Å².